The lowest BCUT2D eigenvalue weighted by atomic mass is 9.96. The molecule has 0 radical (unpaired) electrons. The monoisotopic (exact) mass is 535 g/mol. The molecule has 4 atom stereocenters. The first-order chi connectivity index (χ1) is 19.1. The quantitative estimate of drug-likeness (QED) is 0.279. The van der Waals surface area contributed by atoms with Crippen molar-refractivity contribution >= 4 is 5.84 Å². The molecule has 1 aromatic rings. The van der Waals surface area contributed by atoms with Crippen LogP contribution in [0.5, 0.6) is 0 Å². The van der Waals surface area contributed by atoms with E-state index in [2.05, 4.69) is 58.6 Å². The van der Waals surface area contributed by atoms with Gasteiger partial charge in [-0.25, -0.2) is 0 Å². The number of aliphatic hydroxyl groups is 1. The number of piperazine rings is 1. The number of rotatable bonds is 6. The van der Waals surface area contributed by atoms with Gasteiger partial charge in [-0.15, -0.1) is 0 Å². The molecule has 0 spiro atoms. The van der Waals surface area contributed by atoms with Crippen LogP contribution in [0.15, 0.2) is 52.4 Å². The molecule has 3 N–H and O–H groups in total. The minimum absolute atomic E-state index is 0.289. The van der Waals surface area contributed by atoms with Crippen LogP contribution in [0.2, 0.25) is 0 Å². The topological polar surface area (TPSA) is 72.4 Å². The highest BCUT2D eigenvalue weighted by Gasteiger charge is 2.38. The molecule has 0 aromatic heterocycles. The highest BCUT2D eigenvalue weighted by molar-refractivity contribution is 6.00. The van der Waals surface area contributed by atoms with Crippen molar-refractivity contribution in [1.82, 2.24) is 20.4 Å². The second kappa shape index (κ2) is 13.4. The van der Waals surface area contributed by atoms with E-state index in [1.807, 2.05) is 6.07 Å². The molecular formula is C32H49N5O2. The number of nitrogens with one attached hydrogen (secondary N) is 2. The van der Waals surface area contributed by atoms with E-state index in [1.165, 1.54) is 55.5 Å². The third kappa shape index (κ3) is 6.76. The molecule has 0 amide bonds. The van der Waals surface area contributed by atoms with Crippen molar-refractivity contribution in [1.29, 1.82) is 0 Å². The maximum absolute atomic E-state index is 10.6. The van der Waals surface area contributed by atoms with Crippen molar-refractivity contribution in [3.8, 4) is 0 Å². The Balaban J connectivity index is 0.000000555. The summed E-state index contributed by atoms with van der Waals surface area (Å²) in [6, 6.07) is 9.82. The van der Waals surface area contributed by atoms with Gasteiger partial charge in [-0.3, -0.25) is 4.90 Å². The SMILES string of the molecule is C1CCNC1.CCC/C=C(/N=C(\C1=C(C)CN(C2CC(O)c3ccccc32)CC1)N1CC2CCC(C1)N2)OC. The van der Waals surface area contributed by atoms with Crippen LogP contribution in [0, 0.1) is 0 Å². The van der Waals surface area contributed by atoms with Crippen molar-refractivity contribution in [2.24, 2.45) is 4.99 Å². The molecule has 7 nitrogen and oxygen atoms in total. The summed E-state index contributed by atoms with van der Waals surface area (Å²) in [6.07, 6.45) is 10.9. The minimum Gasteiger partial charge on any atom is -0.481 e. The van der Waals surface area contributed by atoms with Crippen LogP contribution in [0.1, 0.15) is 88.5 Å². The average Bonchev–Trinajstić information content (AvgIpc) is 3.72. The van der Waals surface area contributed by atoms with Crippen LogP contribution in [0.3, 0.4) is 0 Å². The number of hydrogen-bond acceptors (Lipinski definition) is 6. The number of amidine groups is 1. The second-order valence-corrected chi connectivity index (χ2v) is 11.8. The van der Waals surface area contributed by atoms with Gasteiger partial charge in [-0.2, -0.15) is 4.99 Å². The first-order valence-electron chi connectivity index (χ1n) is 15.3. The normalized spacial score (nSPS) is 29.4. The van der Waals surface area contributed by atoms with Crippen molar-refractivity contribution in [2.45, 2.75) is 89.4 Å². The van der Waals surface area contributed by atoms with Gasteiger partial charge in [-0.1, -0.05) is 43.2 Å². The van der Waals surface area contributed by atoms with Crippen LogP contribution in [-0.4, -0.2) is 79.2 Å². The summed E-state index contributed by atoms with van der Waals surface area (Å²) in [5, 5.41) is 17.6. The van der Waals surface area contributed by atoms with E-state index in [-0.39, 0.29) is 12.1 Å². The molecule has 4 unspecified atom stereocenters. The van der Waals surface area contributed by atoms with Gasteiger partial charge in [0.2, 0.25) is 5.88 Å². The van der Waals surface area contributed by atoms with Crippen LogP contribution < -0.4 is 10.6 Å². The molecular weight excluding hydrogens is 486 g/mol. The van der Waals surface area contributed by atoms with Gasteiger partial charge in [0.25, 0.3) is 0 Å². The zero-order valence-electron chi connectivity index (χ0n) is 24.3. The number of unbranched alkanes of at least 4 members (excludes halogenated alkanes) is 1. The summed E-state index contributed by atoms with van der Waals surface area (Å²) in [5.41, 5.74) is 5.16. The van der Waals surface area contributed by atoms with Crippen LogP contribution in [0.4, 0.5) is 0 Å². The number of methoxy groups -OCH3 is 1. The largest absolute Gasteiger partial charge is 0.481 e. The lowest BCUT2D eigenvalue weighted by Gasteiger charge is -2.39. The van der Waals surface area contributed by atoms with Crippen molar-refractivity contribution < 1.29 is 9.84 Å². The Morgan fingerprint density at radius 1 is 1.13 bits per heavy atom. The maximum atomic E-state index is 10.6. The summed E-state index contributed by atoms with van der Waals surface area (Å²) in [7, 11) is 1.73. The van der Waals surface area contributed by atoms with E-state index in [1.54, 1.807) is 7.11 Å². The van der Waals surface area contributed by atoms with Gasteiger partial charge in [-0.05, 0) is 87.7 Å². The Hall–Kier alpha value is -2.19. The van der Waals surface area contributed by atoms with Gasteiger partial charge in [0.05, 0.1) is 13.2 Å². The van der Waals surface area contributed by atoms with Gasteiger partial charge in [0.15, 0.2) is 0 Å². The number of hydrogen-bond donors (Lipinski definition) is 3. The molecule has 3 fully saturated rings. The fourth-order valence-corrected chi connectivity index (χ4v) is 6.92. The number of nitrogens with zero attached hydrogens (tertiary/aromatic N) is 3. The molecule has 6 rings (SSSR count). The zero-order chi connectivity index (χ0) is 27.2. The molecule has 1 aromatic carbocycles. The third-order valence-electron chi connectivity index (χ3n) is 8.98. The molecule has 1 aliphatic carbocycles. The third-order valence-corrected chi connectivity index (χ3v) is 8.98. The molecule has 4 heterocycles. The Labute approximate surface area is 235 Å². The summed E-state index contributed by atoms with van der Waals surface area (Å²) in [4.78, 5) is 10.2. The van der Waals surface area contributed by atoms with Gasteiger partial charge in [0, 0.05) is 44.3 Å². The standard InChI is InChI=1S/C28H40N4O2.C4H9N/c1-4-5-10-27(34-3)30-28(32-17-20-11-12-21(18-32)29-20)22-13-14-31(16-19(22)2)25-15-26(33)24-9-7-6-8-23(24)25;1-2-4-5-3-1/h6-10,20-21,25-26,29,33H,4-5,11-18H2,1-3H3;5H,1-4H2/b27-10-,30-28+;. The van der Waals surface area contributed by atoms with E-state index in [9.17, 15) is 5.11 Å². The molecule has 3 saturated heterocycles. The Kier molecular flexibility index (Phi) is 9.77. The summed E-state index contributed by atoms with van der Waals surface area (Å²) in [6.45, 7) is 10.9. The highest BCUT2D eigenvalue weighted by atomic mass is 16.5. The number of allylic oxidation sites excluding steroid dienone is 1. The molecule has 2 bridgehead atoms. The predicted molar refractivity (Wildman–Crippen MR) is 159 cm³/mol. The van der Waals surface area contributed by atoms with Crippen molar-refractivity contribution in [3.05, 3.63) is 58.5 Å². The Morgan fingerprint density at radius 3 is 2.46 bits per heavy atom. The smallest absolute Gasteiger partial charge is 0.210 e. The summed E-state index contributed by atoms with van der Waals surface area (Å²) >= 11 is 0. The van der Waals surface area contributed by atoms with Crippen LogP contribution in [-0.2, 0) is 4.74 Å². The van der Waals surface area contributed by atoms with Gasteiger partial charge >= 0.3 is 0 Å². The second-order valence-electron chi connectivity index (χ2n) is 11.8. The molecule has 7 heteroatoms. The number of aliphatic imine (C=N–C) groups is 1. The summed E-state index contributed by atoms with van der Waals surface area (Å²) in [5.74, 6) is 1.85. The maximum Gasteiger partial charge on any atom is 0.210 e. The summed E-state index contributed by atoms with van der Waals surface area (Å²) < 4.78 is 5.69. The Morgan fingerprint density at radius 2 is 1.85 bits per heavy atom. The molecule has 39 heavy (non-hydrogen) atoms. The molecule has 214 valence electrons. The van der Waals surface area contributed by atoms with Crippen molar-refractivity contribution in [3.63, 3.8) is 0 Å². The number of aliphatic hydroxyl groups excluding tert-OH is 1. The lowest BCUT2D eigenvalue weighted by Crippen LogP contribution is -2.54. The predicted octanol–water partition coefficient (Wildman–Crippen LogP) is 4.68. The fraction of sp³-hybridized carbons (Fsp3) is 0.656. The van der Waals surface area contributed by atoms with Crippen molar-refractivity contribution in [2.75, 3.05) is 46.4 Å². The van der Waals surface area contributed by atoms with Crippen LogP contribution in [0.25, 0.3) is 0 Å². The molecule has 4 aliphatic heterocycles. The fourth-order valence-electron chi connectivity index (χ4n) is 6.92. The molecule has 5 aliphatic rings. The highest BCUT2D eigenvalue weighted by Crippen LogP contribution is 2.43. The first-order valence-corrected chi connectivity index (χ1v) is 15.3. The van der Waals surface area contributed by atoms with Crippen LogP contribution >= 0.6 is 0 Å². The zero-order valence-corrected chi connectivity index (χ0v) is 24.3. The molecule has 0 saturated carbocycles. The van der Waals surface area contributed by atoms with E-state index in [4.69, 9.17) is 9.73 Å². The Bertz CT molecular complexity index is 1040. The van der Waals surface area contributed by atoms with Gasteiger partial charge < -0.3 is 25.4 Å². The van der Waals surface area contributed by atoms with E-state index in [0.29, 0.717) is 12.1 Å². The van der Waals surface area contributed by atoms with E-state index >= 15 is 0 Å². The lowest BCUT2D eigenvalue weighted by molar-refractivity contribution is 0.127. The average molecular weight is 536 g/mol. The number of benzene rings is 1. The number of likely N-dealkylation sites (tertiary alicyclic amines) is 1. The minimum atomic E-state index is -0.353. The number of ether oxygens (including phenoxy) is 1. The van der Waals surface area contributed by atoms with E-state index < -0.39 is 0 Å². The first kappa shape index (κ1) is 28.3. The van der Waals surface area contributed by atoms with E-state index in [0.717, 1.165) is 69.1 Å². The van der Waals surface area contributed by atoms with Gasteiger partial charge in [0.1, 0.15) is 5.84 Å². The number of fused-ring (bicyclic) bond motifs is 3.